The second-order valence-electron chi connectivity index (χ2n) is 11.0. The molecule has 0 N–H and O–H groups in total. The van der Waals surface area contributed by atoms with Crippen LogP contribution in [0.25, 0.3) is 0 Å². The molecule has 32 heavy (non-hydrogen) atoms. The van der Waals surface area contributed by atoms with Gasteiger partial charge in [-0.15, -0.1) is 0 Å². The number of imide groups is 1. The number of hydrogen-bond acceptors (Lipinski definition) is 8. The molecule has 1 heterocycles. The molecule has 1 aliphatic rings. The Morgan fingerprint density at radius 2 is 1.25 bits per heavy atom. The Bertz CT molecular complexity index is 610. The van der Waals surface area contributed by atoms with Gasteiger partial charge in [0, 0.05) is 13.1 Å². The topological polar surface area (TPSA) is 94.6 Å². The number of carbonyl (C=O) groups is 3. The molecule has 1 saturated heterocycles. The molecule has 0 radical (unpaired) electrons. The number of amides is 2. The van der Waals surface area contributed by atoms with Crippen molar-refractivity contribution in [2.75, 3.05) is 32.8 Å². The lowest BCUT2D eigenvalue weighted by Crippen LogP contribution is -2.53. The predicted octanol–water partition coefficient (Wildman–Crippen LogP) is 3.98. The van der Waals surface area contributed by atoms with Gasteiger partial charge in [-0.3, -0.25) is 4.90 Å². The van der Waals surface area contributed by atoms with Crippen LogP contribution in [0.2, 0.25) is 0 Å². The van der Waals surface area contributed by atoms with Gasteiger partial charge in [0.05, 0.1) is 13.2 Å². The van der Waals surface area contributed by atoms with E-state index >= 15 is 0 Å². The van der Waals surface area contributed by atoms with Gasteiger partial charge in [0.1, 0.15) is 22.8 Å². The lowest BCUT2D eigenvalue weighted by molar-refractivity contribution is -0.161. The Hall–Kier alpha value is -1.87. The quantitative estimate of drug-likeness (QED) is 0.436. The van der Waals surface area contributed by atoms with E-state index in [1.807, 2.05) is 0 Å². The highest BCUT2D eigenvalue weighted by molar-refractivity contribution is 5.94. The van der Waals surface area contributed by atoms with Crippen molar-refractivity contribution in [3.8, 4) is 0 Å². The van der Waals surface area contributed by atoms with Crippen molar-refractivity contribution >= 4 is 18.2 Å². The average Bonchev–Trinajstić information content (AvgIpc) is 2.57. The average molecular weight is 459 g/mol. The van der Waals surface area contributed by atoms with E-state index in [0.717, 1.165) is 18.0 Å². The van der Waals surface area contributed by atoms with E-state index < -0.39 is 41.0 Å². The summed E-state index contributed by atoms with van der Waals surface area (Å²) >= 11 is 0. The minimum Gasteiger partial charge on any atom is -0.458 e. The molecular formula is C23H42N2O7. The molecule has 9 nitrogen and oxygen atoms in total. The summed E-state index contributed by atoms with van der Waals surface area (Å²) in [5.74, 6) is -0.670. The summed E-state index contributed by atoms with van der Waals surface area (Å²) in [5.41, 5.74) is -2.50. The first-order valence-electron chi connectivity index (χ1n) is 11.3. The number of rotatable bonds is 6. The van der Waals surface area contributed by atoms with Crippen LogP contribution in [0.1, 0.15) is 75.2 Å². The standard InChI is InChI=1S/C23H42N2O7/c1-21(2,3)30-18(26)17(11-10-12-24-13-15-29-16-14-24)25(19(27)31-22(4,5)6)20(28)32-23(7,8)9/h17H,10-16H2,1-9H3/t17-/m0/s1. The SMILES string of the molecule is CC(C)(C)OC(=O)[C@H](CCCN1CCOCC1)N(C(=O)OC(C)(C)C)C(=O)OC(C)(C)C. The van der Waals surface area contributed by atoms with E-state index in [1.54, 1.807) is 62.3 Å². The number of hydrogen-bond donors (Lipinski definition) is 0. The fourth-order valence-electron chi connectivity index (χ4n) is 3.01. The maximum Gasteiger partial charge on any atom is 0.420 e. The largest absolute Gasteiger partial charge is 0.458 e. The molecule has 0 unspecified atom stereocenters. The highest BCUT2D eigenvalue weighted by Gasteiger charge is 2.41. The highest BCUT2D eigenvalue weighted by atomic mass is 16.6. The number of esters is 1. The lowest BCUT2D eigenvalue weighted by Gasteiger charge is -2.34. The number of ether oxygens (including phenoxy) is 4. The third kappa shape index (κ3) is 11.1. The molecule has 9 heteroatoms. The van der Waals surface area contributed by atoms with Crippen molar-refractivity contribution in [3.63, 3.8) is 0 Å². The maximum absolute atomic E-state index is 13.1. The Kier molecular flexibility index (Phi) is 9.96. The molecule has 0 aromatic carbocycles. The molecule has 0 aliphatic carbocycles. The lowest BCUT2D eigenvalue weighted by atomic mass is 10.1. The minimum absolute atomic E-state index is 0.227. The van der Waals surface area contributed by atoms with Crippen LogP contribution in [0.3, 0.4) is 0 Å². The second-order valence-corrected chi connectivity index (χ2v) is 11.0. The highest BCUT2D eigenvalue weighted by Crippen LogP contribution is 2.22. The Morgan fingerprint density at radius 3 is 1.66 bits per heavy atom. The van der Waals surface area contributed by atoms with Crippen molar-refractivity contribution in [3.05, 3.63) is 0 Å². The van der Waals surface area contributed by atoms with Gasteiger partial charge in [0.2, 0.25) is 0 Å². The number of carbonyl (C=O) groups excluding carboxylic acids is 3. The molecule has 0 saturated carbocycles. The molecule has 2 amide bonds. The molecule has 1 aliphatic heterocycles. The van der Waals surface area contributed by atoms with Crippen LogP contribution in [0.15, 0.2) is 0 Å². The summed E-state index contributed by atoms with van der Waals surface area (Å²) in [4.78, 5) is 42.2. The molecule has 1 rings (SSSR count). The summed E-state index contributed by atoms with van der Waals surface area (Å²) < 4.78 is 21.8. The maximum atomic E-state index is 13.1. The van der Waals surface area contributed by atoms with E-state index in [1.165, 1.54) is 0 Å². The van der Waals surface area contributed by atoms with Gasteiger partial charge in [-0.05, 0) is 81.7 Å². The first kappa shape index (κ1) is 28.2. The van der Waals surface area contributed by atoms with Gasteiger partial charge >= 0.3 is 18.2 Å². The Labute approximate surface area is 192 Å². The van der Waals surface area contributed by atoms with Crippen LogP contribution in [0.4, 0.5) is 9.59 Å². The fraction of sp³-hybridized carbons (Fsp3) is 0.870. The minimum atomic E-state index is -1.17. The number of morpholine rings is 1. The van der Waals surface area contributed by atoms with E-state index in [0.29, 0.717) is 26.2 Å². The van der Waals surface area contributed by atoms with E-state index in [4.69, 9.17) is 18.9 Å². The Balaban J connectivity index is 3.15. The monoisotopic (exact) mass is 458 g/mol. The van der Waals surface area contributed by atoms with Gasteiger partial charge < -0.3 is 18.9 Å². The van der Waals surface area contributed by atoms with Crippen molar-refractivity contribution < 1.29 is 33.3 Å². The van der Waals surface area contributed by atoms with Crippen molar-refractivity contribution in [2.24, 2.45) is 0 Å². The third-order valence-electron chi connectivity index (χ3n) is 4.23. The second kappa shape index (κ2) is 11.3. The van der Waals surface area contributed by atoms with Crippen LogP contribution in [-0.4, -0.2) is 83.6 Å². The zero-order chi connectivity index (χ0) is 24.7. The van der Waals surface area contributed by atoms with E-state index in [2.05, 4.69) is 4.90 Å². The van der Waals surface area contributed by atoms with Crippen molar-refractivity contribution in [1.29, 1.82) is 0 Å². The van der Waals surface area contributed by atoms with Gasteiger partial charge in [-0.1, -0.05) is 0 Å². The van der Waals surface area contributed by atoms with Gasteiger partial charge in [-0.2, -0.15) is 4.90 Å². The van der Waals surface area contributed by atoms with Crippen LogP contribution in [0.5, 0.6) is 0 Å². The van der Waals surface area contributed by atoms with E-state index in [-0.39, 0.29) is 6.42 Å². The summed E-state index contributed by atoms with van der Waals surface area (Å²) in [6, 6.07) is -1.17. The first-order valence-corrected chi connectivity index (χ1v) is 11.3. The fourth-order valence-corrected chi connectivity index (χ4v) is 3.01. The van der Waals surface area contributed by atoms with Crippen LogP contribution < -0.4 is 0 Å². The van der Waals surface area contributed by atoms with Crippen molar-refractivity contribution in [2.45, 2.75) is 98.0 Å². The molecule has 0 bridgehead atoms. The molecular weight excluding hydrogens is 416 g/mol. The normalized spacial score (nSPS) is 16.8. The molecule has 1 fully saturated rings. The van der Waals surface area contributed by atoms with E-state index in [9.17, 15) is 14.4 Å². The molecule has 0 spiro atoms. The third-order valence-corrected chi connectivity index (χ3v) is 4.23. The Morgan fingerprint density at radius 1 is 0.812 bits per heavy atom. The summed E-state index contributed by atoms with van der Waals surface area (Å²) in [7, 11) is 0. The first-order chi connectivity index (χ1) is 14.5. The summed E-state index contributed by atoms with van der Waals surface area (Å²) in [6.07, 6.45) is -1.07. The van der Waals surface area contributed by atoms with Gasteiger partial charge in [0.25, 0.3) is 0 Å². The van der Waals surface area contributed by atoms with Crippen LogP contribution in [-0.2, 0) is 23.7 Å². The summed E-state index contributed by atoms with van der Waals surface area (Å²) in [6.45, 7) is 19.0. The molecule has 0 aromatic heterocycles. The van der Waals surface area contributed by atoms with Crippen molar-refractivity contribution in [1.82, 2.24) is 9.80 Å². The smallest absolute Gasteiger partial charge is 0.420 e. The zero-order valence-electron chi connectivity index (χ0n) is 21.3. The molecule has 186 valence electrons. The van der Waals surface area contributed by atoms with Crippen LogP contribution >= 0.6 is 0 Å². The molecule has 0 aromatic rings. The van der Waals surface area contributed by atoms with Gasteiger partial charge in [-0.25, -0.2) is 14.4 Å². The van der Waals surface area contributed by atoms with Gasteiger partial charge in [0.15, 0.2) is 0 Å². The number of nitrogens with zero attached hydrogens (tertiary/aromatic N) is 2. The zero-order valence-corrected chi connectivity index (χ0v) is 21.3. The predicted molar refractivity (Wildman–Crippen MR) is 120 cm³/mol. The van der Waals surface area contributed by atoms with Crippen LogP contribution in [0, 0.1) is 0 Å². The summed E-state index contributed by atoms with van der Waals surface area (Å²) in [5, 5.41) is 0. The molecule has 1 atom stereocenters.